The monoisotopic (exact) mass is 527 g/mol. The van der Waals surface area contributed by atoms with Crippen molar-refractivity contribution in [3.63, 3.8) is 0 Å². The zero-order valence-electron chi connectivity index (χ0n) is 19.8. The van der Waals surface area contributed by atoms with E-state index in [1.165, 1.54) is 11.0 Å². The maximum Gasteiger partial charge on any atom is 0.244 e. The summed E-state index contributed by atoms with van der Waals surface area (Å²) in [6.07, 6.45) is 1.35. The van der Waals surface area contributed by atoms with Gasteiger partial charge in [0.15, 0.2) is 0 Å². The van der Waals surface area contributed by atoms with Crippen molar-refractivity contribution < 1.29 is 18.0 Å². The van der Waals surface area contributed by atoms with Crippen LogP contribution in [0.4, 0.5) is 5.69 Å². The lowest BCUT2D eigenvalue weighted by Crippen LogP contribution is -2.52. The zero-order chi connectivity index (χ0) is 25.5. The highest BCUT2D eigenvalue weighted by atomic mass is 35.5. The number of nitrogens with zero attached hydrogens (tertiary/aromatic N) is 2. The molecule has 0 heterocycles. The van der Waals surface area contributed by atoms with Gasteiger partial charge in [0.2, 0.25) is 21.8 Å². The fourth-order valence-corrected chi connectivity index (χ4v) is 4.75. The van der Waals surface area contributed by atoms with Gasteiger partial charge in [-0.3, -0.25) is 13.9 Å². The normalized spacial score (nSPS) is 12.3. The quantitative estimate of drug-likeness (QED) is 0.470. The molecule has 0 aliphatic rings. The molecule has 2 aromatic rings. The molecule has 1 N–H and O–H groups in total. The highest BCUT2D eigenvalue weighted by Crippen LogP contribution is 2.28. The molecular formula is C24H31Cl2N3O4S. The summed E-state index contributed by atoms with van der Waals surface area (Å²) in [4.78, 5) is 28.0. The van der Waals surface area contributed by atoms with Crippen LogP contribution in [0.2, 0.25) is 10.0 Å². The molecule has 34 heavy (non-hydrogen) atoms. The van der Waals surface area contributed by atoms with Crippen molar-refractivity contribution in [1.82, 2.24) is 10.2 Å². The predicted octanol–water partition coefficient (Wildman–Crippen LogP) is 4.34. The Morgan fingerprint density at radius 3 is 2.12 bits per heavy atom. The Hall–Kier alpha value is -2.29. The summed E-state index contributed by atoms with van der Waals surface area (Å²) in [6, 6.07) is 12.6. The molecule has 2 rings (SSSR count). The molecule has 0 radical (unpaired) electrons. The molecule has 7 nitrogen and oxygen atoms in total. The summed E-state index contributed by atoms with van der Waals surface area (Å²) in [6.45, 7) is 5.74. The summed E-state index contributed by atoms with van der Waals surface area (Å²) < 4.78 is 26.2. The Morgan fingerprint density at radius 1 is 1.00 bits per heavy atom. The molecule has 1 atom stereocenters. The van der Waals surface area contributed by atoms with Gasteiger partial charge in [-0.25, -0.2) is 8.42 Å². The van der Waals surface area contributed by atoms with Crippen LogP contribution in [0.3, 0.4) is 0 Å². The average molecular weight is 529 g/mol. The fraction of sp³-hybridized carbons (Fsp3) is 0.417. The molecule has 0 aromatic heterocycles. The van der Waals surface area contributed by atoms with Crippen LogP contribution >= 0.6 is 23.2 Å². The molecule has 0 saturated heterocycles. The van der Waals surface area contributed by atoms with E-state index < -0.39 is 28.5 Å². The molecule has 0 aliphatic heterocycles. The minimum absolute atomic E-state index is 0.0479. The number of hydrogen-bond acceptors (Lipinski definition) is 4. The van der Waals surface area contributed by atoms with Crippen LogP contribution in [0.25, 0.3) is 0 Å². The molecule has 1 unspecified atom stereocenters. The van der Waals surface area contributed by atoms with Gasteiger partial charge >= 0.3 is 0 Å². The van der Waals surface area contributed by atoms with Crippen molar-refractivity contribution in [2.45, 2.75) is 39.8 Å². The van der Waals surface area contributed by atoms with Gasteiger partial charge in [0.05, 0.1) is 17.0 Å². The number of nitrogens with one attached hydrogen (secondary N) is 1. The number of benzene rings is 2. The molecule has 0 spiro atoms. The van der Waals surface area contributed by atoms with Crippen LogP contribution in [0.1, 0.15) is 32.8 Å². The predicted molar refractivity (Wildman–Crippen MR) is 138 cm³/mol. The second kappa shape index (κ2) is 12.4. The summed E-state index contributed by atoms with van der Waals surface area (Å²) in [5.41, 5.74) is 0.839. The number of hydrogen-bond donors (Lipinski definition) is 1. The van der Waals surface area contributed by atoms with Crippen LogP contribution in [-0.4, -0.2) is 50.5 Å². The van der Waals surface area contributed by atoms with Gasteiger partial charge < -0.3 is 10.2 Å². The van der Waals surface area contributed by atoms with Crippen molar-refractivity contribution in [3.8, 4) is 0 Å². The molecule has 186 valence electrons. The van der Waals surface area contributed by atoms with Crippen LogP contribution in [0.15, 0.2) is 48.5 Å². The lowest BCUT2D eigenvalue weighted by molar-refractivity contribution is -0.140. The lowest BCUT2D eigenvalue weighted by Gasteiger charge is -2.33. The van der Waals surface area contributed by atoms with E-state index in [9.17, 15) is 18.0 Å². The fourth-order valence-electron chi connectivity index (χ4n) is 3.40. The number of rotatable bonds is 11. The first kappa shape index (κ1) is 28.0. The molecule has 0 bridgehead atoms. The maximum atomic E-state index is 13.6. The second-order valence-electron chi connectivity index (χ2n) is 8.40. The largest absolute Gasteiger partial charge is 0.354 e. The third-order valence-electron chi connectivity index (χ3n) is 5.17. The van der Waals surface area contributed by atoms with Gasteiger partial charge in [0.1, 0.15) is 12.6 Å². The number of sulfonamides is 1. The highest BCUT2D eigenvalue weighted by Gasteiger charge is 2.32. The molecule has 2 amide bonds. The van der Waals surface area contributed by atoms with E-state index in [4.69, 9.17) is 23.2 Å². The Morgan fingerprint density at radius 2 is 1.59 bits per heavy atom. The minimum atomic E-state index is -3.85. The van der Waals surface area contributed by atoms with Gasteiger partial charge in [0, 0.05) is 18.1 Å². The van der Waals surface area contributed by atoms with Crippen molar-refractivity contribution in [1.29, 1.82) is 0 Å². The molecule has 0 fully saturated rings. The van der Waals surface area contributed by atoms with Gasteiger partial charge in [0.25, 0.3) is 0 Å². The minimum Gasteiger partial charge on any atom is -0.354 e. The number of carbonyl (C=O) groups excluding carboxylic acids is 2. The Bertz CT molecular complexity index is 1110. The van der Waals surface area contributed by atoms with E-state index >= 15 is 0 Å². The Kier molecular flexibility index (Phi) is 10.2. The number of halogens is 2. The number of amides is 2. The van der Waals surface area contributed by atoms with Crippen molar-refractivity contribution in [2.75, 3.05) is 23.7 Å². The summed E-state index contributed by atoms with van der Waals surface area (Å²) in [5.74, 6) is -0.618. The van der Waals surface area contributed by atoms with E-state index in [0.717, 1.165) is 10.6 Å². The van der Waals surface area contributed by atoms with Crippen molar-refractivity contribution in [2.24, 2.45) is 5.92 Å². The van der Waals surface area contributed by atoms with E-state index in [1.807, 2.05) is 13.8 Å². The Balaban J connectivity index is 2.45. The van der Waals surface area contributed by atoms with Gasteiger partial charge in [-0.05, 0) is 36.1 Å². The topological polar surface area (TPSA) is 86.8 Å². The first-order valence-corrected chi connectivity index (χ1v) is 13.6. The Labute approximate surface area is 212 Å². The number of para-hydroxylation sites is 1. The van der Waals surface area contributed by atoms with Crippen LogP contribution < -0.4 is 9.62 Å². The SMILES string of the molecule is CCC(C(=O)NCC(C)C)N(Cc1ccccc1Cl)C(=O)CN(c1ccccc1Cl)S(C)(=O)=O. The third-order valence-corrected chi connectivity index (χ3v) is 6.98. The van der Waals surface area contributed by atoms with Crippen molar-refractivity contribution >= 4 is 50.7 Å². The van der Waals surface area contributed by atoms with E-state index in [0.29, 0.717) is 23.6 Å². The van der Waals surface area contributed by atoms with Gasteiger partial charge in [-0.15, -0.1) is 0 Å². The van der Waals surface area contributed by atoms with Gasteiger partial charge in [-0.2, -0.15) is 0 Å². The molecule has 0 aliphatic carbocycles. The van der Waals surface area contributed by atoms with E-state index in [-0.39, 0.29) is 29.1 Å². The second-order valence-corrected chi connectivity index (χ2v) is 11.1. The lowest BCUT2D eigenvalue weighted by atomic mass is 10.1. The van der Waals surface area contributed by atoms with Gasteiger partial charge in [-0.1, -0.05) is 74.3 Å². The zero-order valence-corrected chi connectivity index (χ0v) is 22.1. The molecular weight excluding hydrogens is 497 g/mol. The maximum absolute atomic E-state index is 13.6. The van der Waals surface area contributed by atoms with Crippen molar-refractivity contribution in [3.05, 3.63) is 64.1 Å². The molecule has 0 saturated carbocycles. The summed E-state index contributed by atoms with van der Waals surface area (Å²) in [5, 5.41) is 3.52. The number of carbonyl (C=O) groups is 2. The van der Waals surface area contributed by atoms with Crippen LogP contribution in [-0.2, 0) is 26.2 Å². The van der Waals surface area contributed by atoms with Crippen LogP contribution in [0, 0.1) is 5.92 Å². The molecule has 10 heteroatoms. The smallest absolute Gasteiger partial charge is 0.244 e. The standard InChI is InChI=1S/C24H31Cl2N3O4S/c1-5-21(24(31)27-14-17(2)3)28(15-18-10-6-7-11-19(18)25)23(30)16-29(34(4,32)33)22-13-9-8-12-20(22)26/h6-13,17,21H,5,14-16H2,1-4H3,(H,27,31). The first-order chi connectivity index (χ1) is 16.0. The average Bonchev–Trinajstić information content (AvgIpc) is 2.76. The highest BCUT2D eigenvalue weighted by molar-refractivity contribution is 7.92. The van der Waals surface area contributed by atoms with Crippen LogP contribution in [0.5, 0.6) is 0 Å². The molecule has 2 aromatic carbocycles. The van der Waals surface area contributed by atoms with E-state index in [2.05, 4.69) is 5.32 Å². The summed E-state index contributed by atoms with van der Waals surface area (Å²) in [7, 11) is -3.85. The number of anilines is 1. The summed E-state index contributed by atoms with van der Waals surface area (Å²) >= 11 is 12.6. The third kappa shape index (κ3) is 7.61. The first-order valence-electron chi connectivity index (χ1n) is 11.0. The van der Waals surface area contributed by atoms with E-state index in [1.54, 1.807) is 49.4 Å².